The Morgan fingerprint density at radius 1 is 1.12 bits per heavy atom. The summed E-state index contributed by atoms with van der Waals surface area (Å²) >= 11 is 1.42. The summed E-state index contributed by atoms with van der Waals surface area (Å²) in [7, 11) is 0. The molecule has 33 heavy (non-hydrogen) atoms. The lowest BCUT2D eigenvalue weighted by molar-refractivity contribution is 0.0945. The lowest BCUT2D eigenvalue weighted by Gasteiger charge is -2.15. The zero-order valence-electron chi connectivity index (χ0n) is 18.0. The summed E-state index contributed by atoms with van der Waals surface area (Å²) < 4.78 is 2.10. The first-order valence-corrected chi connectivity index (χ1v) is 11.9. The second-order valence-corrected chi connectivity index (χ2v) is 9.30. The lowest BCUT2D eigenvalue weighted by atomic mass is 10.1. The number of aromatic amines is 1. The first kappa shape index (κ1) is 20.0. The third-order valence-electron chi connectivity index (χ3n) is 6.16. The Morgan fingerprint density at radius 2 is 1.97 bits per heavy atom. The molecule has 0 saturated carbocycles. The Bertz CT molecular complexity index is 1540. The van der Waals surface area contributed by atoms with Gasteiger partial charge in [0, 0.05) is 24.5 Å². The number of H-pyrrole nitrogens is 1. The molecule has 0 aliphatic carbocycles. The average Bonchev–Trinajstić information content (AvgIpc) is 3.49. The lowest BCUT2D eigenvalue weighted by Crippen LogP contribution is -2.36. The van der Waals surface area contributed by atoms with E-state index in [4.69, 9.17) is 0 Å². The van der Waals surface area contributed by atoms with Crippen LogP contribution >= 0.6 is 11.3 Å². The molecular formula is C26H23N5OS. The van der Waals surface area contributed by atoms with E-state index in [1.165, 1.54) is 11.3 Å². The number of rotatable bonds is 4. The van der Waals surface area contributed by atoms with E-state index < -0.39 is 0 Å². The van der Waals surface area contributed by atoms with Crippen LogP contribution in [-0.4, -0.2) is 39.6 Å². The van der Waals surface area contributed by atoms with Crippen LogP contribution in [-0.2, 0) is 0 Å². The molecule has 1 fully saturated rings. The van der Waals surface area contributed by atoms with Crippen molar-refractivity contribution in [2.75, 3.05) is 13.1 Å². The number of amides is 1. The topological polar surface area (TPSA) is 74.7 Å². The molecule has 7 heteroatoms. The fourth-order valence-electron chi connectivity index (χ4n) is 4.60. The Morgan fingerprint density at radius 3 is 2.79 bits per heavy atom. The van der Waals surface area contributed by atoms with Crippen LogP contribution in [0.15, 0.2) is 66.9 Å². The molecule has 0 radical (unpaired) electrons. The molecule has 3 aromatic heterocycles. The average molecular weight is 454 g/mol. The van der Waals surface area contributed by atoms with Crippen LogP contribution in [0.4, 0.5) is 0 Å². The summed E-state index contributed by atoms with van der Waals surface area (Å²) in [6.45, 7) is 6.04. The van der Waals surface area contributed by atoms with E-state index in [-0.39, 0.29) is 11.9 Å². The largest absolute Gasteiger partial charge is 0.347 e. The van der Waals surface area contributed by atoms with Gasteiger partial charge in [0.15, 0.2) is 0 Å². The molecule has 0 unspecified atom stereocenters. The third kappa shape index (κ3) is 3.46. The SMILES string of the molecule is C=c1[nH]c2c(C(=O)N[C@@H]3CCNC3)sc3nccc(c32)n1-c1cccc(-c2ccccc2)c1. The van der Waals surface area contributed by atoms with Gasteiger partial charge < -0.3 is 15.6 Å². The van der Waals surface area contributed by atoms with Gasteiger partial charge in [-0.1, -0.05) is 49.0 Å². The van der Waals surface area contributed by atoms with E-state index in [0.717, 1.165) is 57.6 Å². The van der Waals surface area contributed by atoms with Crippen molar-refractivity contribution in [1.82, 2.24) is 25.2 Å². The van der Waals surface area contributed by atoms with Crippen molar-refractivity contribution in [3.63, 3.8) is 0 Å². The standard InChI is InChI=1S/C26H23N5OS/c1-16-29-23-22-21(31(16)20-9-5-8-18(14-20)17-6-3-2-4-7-17)11-13-28-26(22)33-24(23)25(32)30-19-10-12-27-15-19/h2-9,11,13-14,19,27,29H,1,10,12,15H2,(H,30,32)/t19-/m1/s1. The fourth-order valence-corrected chi connectivity index (χ4v) is 5.62. The van der Waals surface area contributed by atoms with Gasteiger partial charge in [-0.15, -0.1) is 11.3 Å². The van der Waals surface area contributed by atoms with Crippen molar-refractivity contribution < 1.29 is 4.79 Å². The van der Waals surface area contributed by atoms with Crippen LogP contribution in [0.25, 0.3) is 44.6 Å². The number of carbonyl (C=O) groups is 1. The first-order chi connectivity index (χ1) is 16.2. The molecule has 0 bridgehead atoms. The molecule has 1 aliphatic rings. The van der Waals surface area contributed by atoms with Gasteiger partial charge in [0.25, 0.3) is 5.91 Å². The molecule has 1 amide bonds. The van der Waals surface area contributed by atoms with E-state index in [0.29, 0.717) is 10.4 Å². The third-order valence-corrected chi connectivity index (χ3v) is 7.26. The number of hydrogen-bond donors (Lipinski definition) is 3. The summed E-state index contributed by atoms with van der Waals surface area (Å²) in [6.07, 6.45) is 2.74. The minimum atomic E-state index is -0.0625. The predicted octanol–water partition coefficient (Wildman–Crippen LogP) is 4.02. The second kappa shape index (κ2) is 8.03. The summed E-state index contributed by atoms with van der Waals surface area (Å²) in [5, 5.41) is 7.40. The highest BCUT2D eigenvalue weighted by atomic mass is 32.1. The summed E-state index contributed by atoms with van der Waals surface area (Å²) in [5.41, 5.74) is 5.76. The molecule has 0 spiro atoms. The number of hydrogen-bond acceptors (Lipinski definition) is 4. The van der Waals surface area contributed by atoms with Gasteiger partial charge in [-0.3, -0.25) is 9.36 Å². The van der Waals surface area contributed by atoms with Gasteiger partial charge >= 0.3 is 0 Å². The monoisotopic (exact) mass is 453 g/mol. The highest BCUT2D eigenvalue weighted by Gasteiger charge is 2.23. The molecule has 164 valence electrons. The quantitative estimate of drug-likeness (QED) is 0.385. The highest BCUT2D eigenvalue weighted by Crippen LogP contribution is 2.34. The zero-order valence-corrected chi connectivity index (χ0v) is 18.8. The maximum Gasteiger partial charge on any atom is 0.263 e. The number of pyridine rings is 1. The number of nitrogens with zero attached hydrogens (tertiary/aromatic N) is 2. The molecule has 1 atom stereocenters. The van der Waals surface area contributed by atoms with Crippen molar-refractivity contribution >= 4 is 45.1 Å². The van der Waals surface area contributed by atoms with Gasteiger partial charge in [-0.25, -0.2) is 4.98 Å². The molecule has 1 saturated heterocycles. The molecule has 1 aliphatic heterocycles. The van der Waals surface area contributed by atoms with Crippen molar-refractivity contribution in [3.8, 4) is 16.8 Å². The van der Waals surface area contributed by atoms with Gasteiger partial charge in [0.2, 0.25) is 0 Å². The smallest absolute Gasteiger partial charge is 0.263 e. The minimum Gasteiger partial charge on any atom is -0.347 e. The van der Waals surface area contributed by atoms with Crippen molar-refractivity contribution in [2.24, 2.45) is 0 Å². The van der Waals surface area contributed by atoms with Crippen LogP contribution in [0.2, 0.25) is 0 Å². The molecule has 3 N–H and O–H groups in total. The molecule has 4 heterocycles. The van der Waals surface area contributed by atoms with Crippen LogP contribution in [0.5, 0.6) is 0 Å². The summed E-state index contributed by atoms with van der Waals surface area (Å²) in [4.78, 5) is 22.6. The fraction of sp³-hybridized carbons (Fsp3) is 0.154. The van der Waals surface area contributed by atoms with Crippen LogP contribution in [0.1, 0.15) is 16.1 Å². The van der Waals surface area contributed by atoms with Crippen molar-refractivity contribution in [3.05, 3.63) is 77.2 Å². The molecular weight excluding hydrogens is 430 g/mol. The minimum absolute atomic E-state index is 0.0625. The normalized spacial score (nSPS) is 15.9. The summed E-state index contributed by atoms with van der Waals surface area (Å²) in [6, 6.07) is 20.9. The maximum atomic E-state index is 13.1. The maximum absolute atomic E-state index is 13.1. The number of carbonyl (C=O) groups excluding carboxylic acids is 1. The number of thiophene rings is 1. The van der Waals surface area contributed by atoms with Crippen LogP contribution in [0, 0.1) is 0 Å². The van der Waals surface area contributed by atoms with Crippen molar-refractivity contribution in [2.45, 2.75) is 12.5 Å². The van der Waals surface area contributed by atoms with E-state index in [1.807, 2.05) is 24.3 Å². The molecule has 2 aromatic carbocycles. The van der Waals surface area contributed by atoms with Crippen LogP contribution < -0.4 is 16.1 Å². The van der Waals surface area contributed by atoms with Gasteiger partial charge in [0.05, 0.1) is 16.4 Å². The second-order valence-electron chi connectivity index (χ2n) is 8.30. The Kier molecular flexibility index (Phi) is 4.86. The predicted molar refractivity (Wildman–Crippen MR) is 135 cm³/mol. The van der Waals surface area contributed by atoms with Crippen molar-refractivity contribution in [1.29, 1.82) is 0 Å². The van der Waals surface area contributed by atoms with E-state index in [1.54, 1.807) is 6.20 Å². The number of nitrogens with one attached hydrogen (secondary N) is 3. The highest BCUT2D eigenvalue weighted by molar-refractivity contribution is 7.21. The number of aromatic nitrogens is 3. The Balaban J connectivity index is 1.50. The first-order valence-electron chi connectivity index (χ1n) is 11.0. The van der Waals surface area contributed by atoms with E-state index >= 15 is 0 Å². The Hall–Kier alpha value is -3.68. The molecule has 6 nitrogen and oxygen atoms in total. The van der Waals surface area contributed by atoms with E-state index in [2.05, 4.69) is 68.1 Å². The van der Waals surface area contributed by atoms with Gasteiger partial charge in [-0.2, -0.15) is 0 Å². The molecule has 5 aromatic rings. The van der Waals surface area contributed by atoms with E-state index in [9.17, 15) is 4.79 Å². The zero-order chi connectivity index (χ0) is 22.4. The van der Waals surface area contributed by atoms with Gasteiger partial charge in [-0.05, 0) is 42.3 Å². The van der Waals surface area contributed by atoms with Crippen LogP contribution in [0.3, 0.4) is 0 Å². The summed E-state index contributed by atoms with van der Waals surface area (Å²) in [5.74, 6) is -0.0625. The van der Waals surface area contributed by atoms with Gasteiger partial charge in [0.1, 0.15) is 15.2 Å². The Labute approximate surface area is 194 Å². The molecule has 6 rings (SSSR count). The number of benzene rings is 2.